The lowest BCUT2D eigenvalue weighted by atomic mass is 9.99. The molecule has 6 N–H and O–H groups in total. The van der Waals surface area contributed by atoms with Crippen LogP contribution in [0, 0.1) is 0 Å². The van der Waals surface area contributed by atoms with Gasteiger partial charge in [-0.25, -0.2) is 0 Å². The first-order valence-corrected chi connectivity index (χ1v) is 28.4. The van der Waals surface area contributed by atoms with E-state index in [1.54, 1.807) is 6.08 Å². The Balaban J connectivity index is 2.75. The largest absolute Gasteiger partial charge is 0.454 e. The van der Waals surface area contributed by atoms with Crippen molar-refractivity contribution in [3.05, 3.63) is 48.6 Å². The van der Waals surface area contributed by atoms with Crippen LogP contribution in [0.25, 0.3) is 0 Å². The molecule has 1 aliphatic rings. The van der Waals surface area contributed by atoms with E-state index in [1.807, 2.05) is 6.08 Å². The third kappa shape index (κ3) is 35.4. The first kappa shape index (κ1) is 64.6. The molecule has 402 valence electrons. The Kier molecular flexibility index (Phi) is 43.7. The first-order chi connectivity index (χ1) is 33.7. The fraction of sp³-hybridized carbons (Fsp3) is 0.828. The summed E-state index contributed by atoms with van der Waals surface area (Å²) in [6.45, 7) is 5.65. The van der Waals surface area contributed by atoms with Gasteiger partial charge < -0.3 is 45.1 Å². The molecule has 1 aliphatic heterocycles. The fourth-order valence-corrected chi connectivity index (χ4v) is 8.68. The van der Waals surface area contributed by atoms with Crippen molar-refractivity contribution < 1.29 is 49.3 Å². The molecule has 11 heteroatoms. The maximum absolute atomic E-state index is 13.4. The smallest absolute Gasteiger partial charge is 0.306 e. The van der Waals surface area contributed by atoms with E-state index in [-0.39, 0.29) is 19.4 Å². The lowest BCUT2D eigenvalue weighted by Gasteiger charge is -2.41. The average Bonchev–Trinajstić information content (AvgIpc) is 3.34. The number of allylic oxidation sites excluding steroid dienone is 7. The van der Waals surface area contributed by atoms with Crippen molar-refractivity contribution in [3.63, 3.8) is 0 Å². The minimum absolute atomic E-state index is 0.114. The van der Waals surface area contributed by atoms with Crippen molar-refractivity contribution in [1.82, 2.24) is 5.32 Å². The van der Waals surface area contributed by atoms with Gasteiger partial charge in [0, 0.05) is 6.42 Å². The molecule has 0 aromatic rings. The van der Waals surface area contributed by atoms with Crippen molar-refractivity contribution in [1.29, 1.82) is 0 Å². The van der Waals surface area contributed by atoms with E-state index in [9.17, 15) is 35.1 Å². The highest BCUT2D eigenvalue weighted by molar-refractivity contribution is 5.80. The van der Waals surface area contributed by atoms with Crippen LogP contribution in [0.3, 0.4) is 0 Å². The summed E-state index contributed by atoms with van der Waals surface area (Å²) in [7, 11) is 0. The van der Waals surface area contributed by atoms with E-state index < -0.39 is 67.4 Å². The van der Waals surface area contributed by atoms with Crippen LogP contribution in [0.2, 0.25) is 0 Å². The molecule has 0 saturated carbocycles. The summed E-state index contributed by atoms with van der Waals surface area (Å²) in [5.74, 6) is -1.21. The highest BCUT2D eigenvalue weighted by Gasteiger charge is 2.47. The molecule has 8 unspecified atom stereocenters. The normalized spacial score (nSPS) is 20.1. The number of aliphatic hydroxyl groups excluding tert-OH is 5. The van der Waals surface area contributed by atoms with Crippen LogP contribution >= 0.6 is 0 Å². The molecule has 0 aromatic carbocycles. The lowest BCUT2D eigenvalue weighted by molar-refractivity contribution is -0.305. The number of aliphatic hydroxyl groups is 5. The molecule has 0 radical (unpaired) electrons. The summed E-state index contributed by atoms with van der Waals surface area (Å²) < 4.78 is 17.5. The third-order valence-electron chi connectivity index (χ3n) is 13.2. The molecule has 0 bridgehead atoms. The van der Waals surface area contributed by atoms with E-state index in [0.29, 0.717) is 12.8 Å². The Morgan fingerprint density at radius 1 is 0.580 bits per heavy atom. The molecular formula is C58H105NO10. The summed E-state index contributed by atoms with van der Waals surface area (Å²) in [4.78, 5) is 26.4. The zero-order chi connectivity index (χ0) is 50.4. The molecule has 0 spiro atoms. The second kappa shape index (κ2) is 46.7. The molecule has 1 amide bonds. The molecule has 1 saturated heterocycles. The summed E-state index contributed by atoms with van der Waals surface area (Å²) in [5, 5.41) is 56.7. The van der Waals surface area contributed by atoms with Crippen LogP contribution in [0.4, 0.5) is 0 Å². The Hall–Kier alpha value is -2.38. The number of amides is 1. The fourth-order valence-electron chi connectivity index (χ4n) is 8.68. The number of unbranched alkanes of at least 4 members (excludes halogenated alkanes) is 27. The maximum atomic E-state index is 13.4. The van der Waals surface area contributed by atoms with E-state index in [0.717, 1.165) is 96.3 Å². The number of esters is 1. The standard InChI is InChI=1S/C58H105NO10/c1-4-7-10-13-16-19-22-25-27-30-33-36-39-42-45-51(62)57(66)59-49(50(61)44-41-38-35-32-29-24-21-18-15-12-9-6-3)48-67-58-56(55(65)54(64)52(47-60)68-58)69-53(63)46-43-40-37-34-31-28-26-23-20-17-14-11-8-5-2/h8,11,17,19-20,22,41,44,49-52,54-56,58,60-62,64-65H,4-7,9-10,12-16,18,21,23-40,42-43,45-48H2,1-3H3,(H,59,66)/b11-8+,20-17+,22-19-,44-41+. The van der Waals surface area contributed by atoms with Gasteiger partial charge in [0.15, 0.2) is 12.4 Å². The molecule has 1 fully saturated rings. The molecule has 8 atom stereocenters. The first-order valence-electron chi connectivity index (χ1n) is 28.4. The number of hydrogen-bond donors (Lipinski definition) is 6. The highest BCUT2D eigenvalue weighted by Crippen LogP contribution is 2.26. The van der Waals surface area contributed by atoms with Gasteiger partial charge in [0.2, 0.25) is 5.91 Å². The van der Waals surface area contributed by atoms with Gasteiger partial charge in [-0.3, -0.25) is 9.59 Å². The van der Waals surface area contributed by atoms with Gasteiger partial charge in [0.1, 0.15) is 24.4 Å². The average molecular weight is 976 g/mol. The van der Waals surface area contributed by atoms with Crippen molar-refractivity contribution in [3.8, 4) is 0 Å². The van der Waals surface area contributed by atoms with Gasteiger partial charge in [-0.15, -0.1) is 0 Å². The maximum Gasteiger partial charge on any atom is 0.306 e. The minimum atomic E-state index is -1.62. The van der Waals surface area contributed by atoms with E-state index >= 15 is 0 Å². The molecule has 11 nitrogen and oxygen atoms in total. The summed E-state index contributed by atoms with van der Waals surface area (Å²) in [6, 6.07) is -1.03. The zero-order valence-corrected chi connectivity index (χ0v) is 44.2. The van der Waals surface area contributed by atoms with Crippen LogP contribution in [-0.2, 0) is 23.8 Å². The van der Waals surface area contributed by atoms with Crippen molar-refractivity contribution in [2.45, 2.75) is 294 Å². The number of hydrogen-bond acceptors (Lipinski definition) is 10. The summed E-state index contributed by atoms with van der Waals surface area (Å²) >= 11 is 0. The van der Waals surface area contributed by atoms with Gasteiger partial charge in [0.05, 0.1) is 25.4 Å². The Bertz CT molecular complexity index is 1300. The van der Waals surface area contributed by atoms with Crippen molar-refractivity contribution >= 4 is 11.9 Å². The second-order valence-electron chi connectivity index (χ2n) is 19.6. The predicted molar refractivity (Wildman–Crippen MR) is 283 cm³/mol. The third-order valence-corrected chi connectivity index (χ3v) is 13.2. The number of ether oxygens (including phenoxy) is 3. The number of carbonyl (C=O) groups is 2. The predicted octanol–water partition coefficient (Wildman–Crippen LogP) is 12.5. The van der Waals surface area contributed by atoms with Crippen molar-refractivity contribution in [2.24, 2.45) is 0 Å². The van der Waals surface area contributed by atoms with Gasteiger partial charge in [0.25, 0.3) is 0 Å². The van der Waals surface area contributed by atoms with Gasteiger partial charge >= 0.3 is 5.97 Å². The molecule has 69 heavy (non-hydrogen) atoms. The van der Waals surface area contributed by atoms with Gasteiger partial charge in [-0.1, -0.05) is 211 Å². The van der Waals surface area contributed by atoms with E-state index in [4.69, 9.17) is 14.2 Å². The summed E-state index contributed by atoms with van der Waals surface area (Å²) in [6.07, 6.45) is 44.4. The van der Waals surface area contributed by atoms with Crippen LogP contribution < -0.4 is 5.32 Å². The topological polar surface area (TPSA) is 175 Å². The monoisotopic (exact) mass is 976 g/mol. The molecule has 1 heterocycles. The minimum Gasteiger partial charge on any atom is -0.454 e. The van der Waals surface area contributed by atoms with Crippen LogP contribution in [0.5, 0.6) is 0 Å². The van der Waals surface area contributed by atoms with Gasteiger partial charge in [-0.05, 0) is 77.0 Å². The second-order valence-corrected chi connectivity index (χ2v) is 19.6. The Morgan fingerprint density at radius 2 is 1.04 bits per heavy atom. The number of nitrogens with one attached hydrogen (secondary N) is 1. The van der Waals surface area contributed by atoms with Crippen molar-refractivity contribution in [2.75, 3.05) is 13.2 Å². The molecule has 0 aromatic heterocycles. The van der Waals surface area contributed by atoms with E-state index in [1.165, 1.54) is 103 Å². The zero-order valence-electron chi connectivity index (χ0n) is 44.2. The quantitative estimate of drug-likeness (QED) is 0.0196. The van der Waals surface area contributed by atoms with Gasteiger partial charge in [-0.2, -0.15) is 0 Å². The number of rotatable bonds is 47. The van der Waals surface area contributed by atoms with E-state index in [2.05, 4.69) is 62.5 Å². The van der Waals surface area contributed by atoms with Crippen LogP contribution in [0.15, 0.2) is 48.6 Å². The number of carbonyl (C=O) groups excluding carboxylic acids is 2. The Labute approximate surface area is 421 Å². The summed E-state index contributed by atoms with van der Waals surface area (Å²) in [5.41, 5.74) is 0. The highest BCUT2D eigenvalue weighted by atomic mass is 16.7. The lowest BCUT2D eigenvalue weighted by Crippen LogP contribution is -2.61. The SMILES string of the molecule is CC/C=C/C/C=C/CCCCCCCCCC(=O)OC1C(OCC(NC(=O)C(O)CCCCCCCC/C=C\CCCCCC)C(O)/C=C/CCCCCCCCCCCC)OC(CO)C(O)C1O. The molecule has 1 rings (SSSR count). The molecular weight excluding hydrogens is 871 g/mol. The Morgan fingerprint density at radius 3 is 1.58 bits per heavy atom. The van der Waals surface area contributed by atoms with Crippen LogP contribution in [-0.4, -0.2) is 99.6 Å². The molecule has 0 aliphatic carbocycles. The van der Waals surface area contributed by atoms with Crippen LogP contribution in [0.1, 0.15) is 245 Å².